The largest absolute Gasteiger partial charge is 0.466 e. The number of allylic oxidation sites excluding steroid dienone is 4. The summed E-state index contributed by atoms with van der Waals surface area (Å²) in [5.41, 5.74) is 0. The molecule has 2 unspecified atom stereocenters. The molecule has 0 fully saturated rings. The number of aliphatic hydroxyl groups excluding tert-OH is 2. The zero-order valence-corrected chi connectivity index (χ0v) is 45.9. The molecule has 68 heavy (non-hydrogen) atoms. The van der Waals surface area contributed by atoms with E-state index in [1.54, 1.807) is 0 Å². The third kappa shape index (κ3) is 53.7. The molecule has 2 atom stereocenters. The molecule has 0 aromatic carbocycles. The molecule has 0 saturated heterocycles. The molecule has 0 aromatic rings. The first-order valence-electron chi connectivity index (χ1n) is 30.6. The van der Waals surface area contributed by atoms with Crippen molar-refractivity contribution in [1.29, 1.82) is 0 Å². The molecule has 0 aromatic heterocycles. The van der Waals surface area contributed by atoms with Crippen LogP contribution in [0.5, 0.6) is 0 Å². The van der Waals surface area contributed by atoms with Gasteiger partial charge in [0.1, 0.15) is 0 Å². The lowest BCUT2D eigenvalue weighted by molar-refractivity contribution is -0.143. The van der Waals surface area contributed by atoms with E-state index in [0.29, 0.717) is 25.9 Å². The molecule has 0 aliphatic rings. The van der Waals surface area contributed by atoms with Gasteiger partial charge in [-0.05, 0) is 57.8 Å². The summed E-state index contributed by atoms with van der Waals surface area (Å²) < 4.78 is 5.48. The molecule has 3 N–H and O–H groups in total. The highest BCUT2D eigenvalue weighted by molar-refractivity contribution is 5.76. The number of unbranched alkanes of at least 4 members (excludes halogenated alkanes) is 42. The van der Waals surface area contributed by atoms with E-state index < -0.39 is 12.1 Å². The second-order valence-electron chi connectivity index (χ2n) is 21.0. The molecule has 0 radical (unpaired) electrons. The molecule has 6 heteroatoms. The highest BCUT2D eigenvalue weighted by Crippen LogP contribution is 2.18. The maximum absolute atomic E-state index is 12.4. The van der Waals surface area contributed by atoms with Gasteiger partial charge in [0.25, 0.3) is 0 Å². The Morgan fingerprint density at radius 1 is 0.412 bits per heavy atom. The van der Waals surface area contributed by atoms with Crippen molar-refractivity contribution in [3.8, 4) is 0 Å². The van der Waals surface area contributed by atoms with E-state index in [2.05, 4.69) is 43.5 Å². The molecule has 0 rings (SSSR count). The third-order valence-corrected chi connectivity index (χ3v) is 14.3. The number of hydrogen-bond acceptors (Lipinski definition) is 5. The van der Waals surface area contributed by atoms with Crippen LogP contribution in [0.25, 0.3) is 0 Å². The predicted octanol–water partition coefficient (Wildman–Crippen LogP) is 19.0. The molecule has 0 aliphatic carbocycles. The van der Waals surface area contributed by atoms with E-state index in [9.17, 15) is 19.8 Å². The fourth-order valence-electron chi connectivity index (χ4n) is 9.55. The normalized spacial score (nSPS) is 12.7. The van der Waals surface area contributed by atoms with Crippen LogP contribution in [-0.4, -0.2) is 47.4 Å². The van der Waals surface area contributed by atoms with Crippen molar-refractivity contribution in [1.82, 2.24) is 5.32 Å². The quantitative estimate of drug-likeness (QED) is 0.0321. The van der Waals surface area contributed by atoms with Gasteiger partial charge in [-0.2, -0.15) is 0 Å². The molecular weight excluding hydrogens is 839 g/mol. The molecule has 6 nitrogen and oxygen atoms in total. The minimum absolute atomic E-state index is 0.00306. The Labute approximate surface area is 424 Å². The molecule has 0 spiro atoms. The molecule has 0 saturated carbocycles. The topological polar surface area (TPSA) is 95.9 Å². The summed E-state index contributed by atoms with van der Waals surface area (Å²) in [7, 11) is 0. The smallest absolute Gasteiger partial charge is 0.305 e. The first kappa shape index (κ1) is 66.3. The maximum Gasteiger partial charge on any atom is 0.305 e. The van der Waals surface area contributed by atoms with Gasteiger partial charge in [0, 0.05) is 12.8 Å². The minimum Gasteiger partial charge on any atom is -0.466 e. The van der Waals surface area contributed by atoms with E-state index in [0.717, 1.165) is 51.4 Å². The number of rotatable bonds is 57. The standard InChI is InChI=1S/C62H119NO5/c1-3-5-7-9-11-13-15-16-17-30-33-36-40-44-48-52-56-62(67)68-57-53-49-45-41-37-34-31-28-26-24-22-20-18-19-21-23-25-27-29-32-35-39-43-47-51-55-61(66)63-59(58-64)60(65)54-50-46-42-38-14-12-10-8-6-4-2/h13,15,17,30,59-60,64-65H,3-12,14,16,18-29,31-58H2,1-2H3,(H,63,66)/b15-13-,30-17-. The van der Waals surface area contributed by atoms with Gasteiger partial charge in [-0.25, -0.2) is 0 Å². The zero-order chi connectivity index (χ0) is 49.3. The van der Waals surface area contributed by atoms with Gasteiger partial charge in [-0.15, -0.1) is 0 Å². The number of carbonyl (C=O) groups excluding carboxylic acids is 2. The number of esters is 1. The SMILES string of the molecule is CCCCCC/C=C\C/C=C\CCCCCCCC(=O)OCCCCCCCCCCCCCCCCCCCCCCCCCCCC(=O)NC(CO)C(O)CCCCCCCCCCCC. The van der Waals surface area contributed by atoms with Gasteiger partial charge in [0.2, 0.25) is 5.91 Å². The molecule has 402 valence electrons. The first-order chi connectivity index (χ1) is 33.5. The van der Waals surface area contributed by atoms with Crippen LogP contribution >= 0.6 is 0 Å². The minimum atomic E-state index is -0.661. The first-order valence-corrected chi connectivity index (χ1v) is 30.6. The van der Waals surface area contributed by atoms with E-state index >= 15 is 0 Å². The Kier molecular flexibility index (Phi) is 56.5. The van der Waals surface area contributed by atoms with Crippen molar-refractivity contribution in [3.05, 3.63) is 24.3 Å². The number of carbonyl (C=O) groups is 2. The van der Waals surface area contributed by atoms with Gasteiger partial charge in [-0.3, -0.25) is 9.59 Å². The second kappa shape index (κ2) is 57.9. The lowest BCUT2D eigenvalue weighted by atomic mass is 10.0. The van der Waals surface area contributed by atoms with E-state index in [-0.39, 0.29) is 18.5 Å². The summed E-state index contributed by atoms with van der Waals surface area (Å²) >= 11 is 0. The van der Waals surface area contributed by atoms with Crippen molar-refractivity contribution >= 4 is 11.9 Å². The monoisotopic (exact) mass is 958 g/mol. The van der Waals surface area contributed by atoms with Crippen LogP contribution in [0, 0.1) is 0 Å². The molecule has 0 aliphatic heterocycles. The molecule has 0 heterocycles. The summed E-state index contributed by atoms with van der Waals surface area (Å²) in [5.74, 6) is -0.0310. The van der Waals surface area contributed by atoms with E-state index in [1.165, 1.54) is 250 Å². The third-order valence-electron chi connectivity index (χ3n) is 14.3. The van der Waals surface area contributed by atoms with Crippen LogP contribution in [0.1, 0.15) is 335 Å². The molecule has 0 bridgehead atoms. The van der Waals surface area contributed by atoms with Gasteiger partial charge >= 0.3 is 5.97 Å². The second-order valence-corrected chi connectivity index (χ2v) is 21.0. The van der Waals surface area contributed by atoms with Gasteiger partial charge in [0.15, 0.2) is 0 Å². The highest BCUT2D eigenvalue weighted by atomic mass is 16.5. The summed E-state index contributed by atoms with van der Waals surface area (Å²) in [6, 6.07) is -0.538. The van der Waals surface area contributed by atoms with E-state index in [4.69, 9.17) is 4.74 Å². The fraction of sp³-hybridized carbons (Fsp3) is 0.903. The number of amides is 1. The zero-order valence-electron chi connectivity index (χ0n) is 45.9. The van der Waals surface area contributed by atoms with Crippen LogP contribution < -0.4 is 5.32 Å². The number of nitrogens with one attached hydrogen (secondary N) is 1. The summed E-state index contributed by atoms with van der Waals surface area (Å²) in [4.78, 5) is 24.5. The van der Waals surface area contributed by atoms with Gasteiger partial charge < -0.3 is 20.3 Å². The van der Waals surface area contributed by atoms with Crippen LogP contribution in [0.4, 0.5) is 0 Å². The van der Waals surface area contributed by atoms with Gasteiger partial charge in [0.05, 0.1) is 25.4 Å². The van der Waals surface area contributed by atoms with Crippen LogP contribution in [0.2, 0.25) is 0 Å². The van der Waals surface area contributed by atoms with Crippen molar-refractivity contribution in [2.75, 3.05) is 13.2 Å². The summed E-state index contributed by atoms with van der Waals surface area (Å²) in [6.45, 7) is 4.93. The molecular formula is C62H119NO5. The number of hydrogen-bond donors (Lipinski definition) is 3. The van der Waals surface area contributed by atoms with Crippen molar-refractivity contribution in [2.45, 2.75) is 347 Å². The van der Waals surface area contributed by atoms with Gasteiger partial charge in [-0.1, -0.05) is 289 Å². The summed E-state index contributed by atoms with van der Waals surface area (Å²) in [6.07, 6.45) is 70.5. The number of aliphatic hydroxyl groups is 2. The fourth-order valence-corrected chi connectivity index (χ4v) is 9.55. The van der Waals surface area contributed by atoms with Crippen molar-refractivity contribution in [3.63, 3.8) is 0 Å². The Bertz CT molecular complexity index is 1060. The Hall–Kier alpha value is -1.66. The lowest BCUT2D eigenvalue weighted by Gasteiger charge is -2.22. The lowest BCUT2D eigenvalue weighted by Crippen LogP contribution is -2.45. The van der Waals surface area contributed by atoms with Crippen LogP contribution in [-0.2, 0) is 14.3 Å². The average Bonchev–Trinajstić information content (AvgIpc) is 3.34. The van der Waals surface area contributed by atoms with E-state index in [1.807, 2.05) is 0 Å². The van der Waals surface area contributed by atoms with Crippen molar-refractivity contribution < 1.29 is 24.5 Å². The van der Waals surface area contributed by atoms with Crippen LogP contribution in [0.15, 0.2) is 24.3 Å². The average molecular weight is 959 g/mol. The Morgan fingerprint density at radius 2 is 0.735 bits per heavy atom. The summed E-state index contributed by atoms with van der Waals surface area (Å²) in [5, 5.41) is 23.2. The highest BCUT2D eigenvalue weighted by Gasteiger charge is 2.20. The van der Waals surface area contributed by atoms with Crippen LogP contribution in [0.3, 0.4) is 0 Å². The Morgan fingerprint density at radius 3 is 1.13 bits per heavy atom. The number of ether oxygens (including phenoxy) is 1. The predicted molar refractivity (Wildman–Crippen MR) is 296 cm³/mol. The maximum atomic E-state index is 12.4. The molecule has 1 amide bonds. The Balaban J connectivity index is 3.33. The van der Waals surface area contributed by atoms with Crippen molar-refractivity contribution in [2.24, 2.45) is 0 Å².